The van der Waals surface area contributed by atoms with Crippen LogP contribution < -0.4 is 10.9 Å². The fourth-order valence-corrected chi connectivity index (χ4v) is 3.22. The molecule has 0 spiro atoms. The van der Waals surface area contributed by atoms with Gasteiger partial charge in [-0.15, -0.1) is 0 Å². The van der Waals surface area contributed by atoms with Crippen LogP contribution in [0.3, 0.4) is 0 Å². The van der Waals surface area contributed by atoms with Crippen LogP contribution in [0.2, 0.25) is 0 Å². The van der Waals surface area contributed by atoms with E-state index in [0.717, 1.165) is 22.0 Å². The van der Waals surface area contributed by atoms with Gasteiger partial charge in [-0.1, -0.05) is 18.2 Å². The number of nitrogens with one attached hydrogen (secondary N) is 1. The van der Waals surface area contributed by atoms with Crippen molar-refractivity contribution in [2.45, 2.75) is 20.4 Å². The minimum absolute atomic E-state index is 0.129. The van der Waals surface area contributed by atoms with Crippen molar-refractivity contribution in [3.05, 3.63) is 82.4 Å². The number of fused-ring (bicyclic) bond motifs is 1. The molecule has 29 heavy (non-hydrogen) atoms. The van der Waals surface area contributed by atoms with Crippen molar-refractivity contribution in [1.29, 1.82) is 0 Å². The first kappa shape index (κ1) is 18.5. The monoisotopic (exact) mass is 391 g/mol. The van der Waals surface area contributed by atoms with Crippen LogP contribution >= 0.6 is 0 Å². The molecular weight excluding hydrogens is 373 g/mol. The average molecular weight is 391 g/mol. The van der Waals surface area contributed by atoms with Gasteiger partial charge in [0.25, 0.3) is 5.56 Å². The summed E-state index contributed by atoms with van der Waals surface area (Å²) in [4.78, 5) is 29.3. The summed E-state index contributed by atoms with van der Waals surface area (Å²) in [6.07, 6.45) is 1.29. The predicted molar refractivity (Wildman–Crippen MR) is 108 cm³/mol. The molecule has 0 aliphatic rings. The third-order valence-electron chi connectivity index (χ3n) is 4.66. The van der Waals surface area contributed by atoms with Gasteiger partial charge >= 0.3 is 0 Å². The van der Waals surface area contributed by atoms with Crippen LogP contribution in [-0.2, 0) is 11.3 Å². The van der Waals surface area contributed by atoms with Gasteiger partial charge in [0.05, 0.1) is 40.0 Å². The fraction of sp³-hybridized carbons (Fsp3) is 0.143. The number of amides is 1. The SMILES string of the molecule is Cc1nn(-c2ccccc2)c(C)c1NC(=O)Cn1cnc2ccc(F)cc2c1=O. The van der Waals surface area contributed by atoms with E-state index in [1.807, 2.05) is 37.3 Å². The van der Waals surface area contributed by atoms with E-state index in [9.17, 15) is 14.0 Å². The number of nitrogens with zero attached hydrogens (tertiary/aromatic N) is 4. The summed E-state index contributed by atoms with van der Waals surface area (Å²) in [6.45, 7) is 3.41. The maximum Gasteiger partial charge on any atom is 0.261 e. The van der Waals surface area contributed by atoms with Crippen molar-refractivity contribution in [2.75, 3.05) is 5.32 Å². The number of carbonyl (C=O) groups is 1. The van der Waals surface area contributed by atoms with Crippen molar-refractivity contribution in [2.24, 2.45) is 0 Å². The zero-order chi connectivity index (χ0) is 20.5. The maximum absolute atomic E-state index is 13.5. The Bertz CT molecular complexity index is 1280. The minimum atomic E-state index is -0.529. The molecule has 4 aromatic rings. The molecular formula is C21H18FN5O2. The Balaban J connectivity index is 1.60. The van der Waals surface area contributed by atoms with Crippen molar-refractivity contribution in [1.82, 2.24) is 19.3 Å². The summed E-state index contributed by atoms with van der Waals surface area (Å²) in [5.74, 6) is -0.929. The molecule has 1 amide bonds. The minimum Gasteiger partial charge on any atom is -0.321 e. The van der Waals surface area contributed by atoms with E-state index in [0.29, 0.717) is 16.9 Å². The molecule has 2 aromatic carbocycles. The molecule has 1 N–H and O–H groups in total. The third kappa shape index (κ3) is 3.52. The number of hydrogen-bond donors (Lipinski definition) is 1. The molecule has 0 atom stereocenters. The standard InChI is InChI=1S/C21H18FN5O2/c1-13-20(14(2)27(25-13)16-6-4-3-5-7-16)24-19(28)11-26-12-23-18-9-8-15(22)10-17(18)21(26)29/h3-10,12H,11H2,1-2H3,(H,24,28). The molecule has 146 valence electrons. The first-order chi connectivity index (χ1) is 13.9. The number of aryl methyl sites for hydroxylation is 1. The van der Waals surface area contributed by atoms with Crippen molar-refractivity contribution < 1.29 is 9.18 Å². The molecule has 0 radical (unpaired) electrons. The van der Waals surface area contributed by atoms with E-state index < -0.39 is 17.3 Å². The van der Waals surface area contributed by atoms with E-state index in [4.69, 9.17) is 0 Å². The number of anilines is 1. The molecule has 0 fully saturated rings. The lowest BCUT2D eigenvalue weighted by Gasteiger charge is -2.09. The van der Waals surface area contributed by atoms with Crippen LogP contribution in [0.1, 0.15) is 11.4 Å². The maximum atomic E-state index is 13.5. The Kier molecular flexibility index (Phi) is 4.67. The zero-order valence-corrected chi connectivity index (χ0v) is 15.9. The number of carbonyl (C=O) groups excluding carboxylic acids is 1. The highest BCUT2D eigenvalue weighted by molar-refractivity contribution is 5.92. The molecule has 2 heterocycles. The Labute approximate surface area is 165 Å². The van der Waals surface area contributed by atoms with Gasteiger partial charge in [-0.2, -0.15) is 5.10 Å². The second-order valence-electron chi connectivity index (χ2n) is 6.68. The second kappa shape index (κ2) is 7.31. The summed E-state index contributed by atoms with van der Waals surface area (Å²) in [5.41, 5.74) is 2.80. The number of hydrogen-bond acceptors (Lipinski definition) is 4. The van der Waals surface area contributed by atoms with Gasteiger partial charge in [0, 0.05) is 0 Å². The first-order valence-corrected chi connectivity index (χ1v) is 9.00. The van der Waals surface area contributed by atoms with Crippen LogP contribution in [0.15, 0.2) is 59.7 Å². The lowest BCUT2D eigenvalue weighted by molar-refractivity contribution is -0.116. The molecule has 2 aromatic heterocycles. The second-order valence-corrected chi connectivity index (χ2v) is 6.68. The van der Waals surface area contributed by atoms with Gasteiger partial charge in [0.2, 0.25) is 5.91 Å². The third-order valence-corrected chi connectivity index (χ3v) is 4.66. The van der Waals surface area contributed by atoms with Gasteiger partial charge in [0.15, 0.2) is 0 Å². The van der Waals surface area contributed by atoms with Crippen LogP contribution in [0.4, 0.5) is 10.1 Å². The number of rotatable bonds is 4. The van der Waals surface area contributed by atoms with Crippen molar-refractivity contribution >= 4 is 22.5 Å². The quantitative estimate of drug-likeness (QED) is 0.580. The highest BCUT2D eigenvalue weighted by Gasteiger charge is 2.16. The van der Waals surface area contributed by atoms with Gasteiger partial charge < -0.3 is 5.32 Å². The van der Waals surface area contributed by atoms with E-state index in [1.165, 1.54) is 18.5 Å². The highest BCUT2D eigenvalue weighted by Crippen LogP contribution is 2.22. The van der Waals surface area contributed by atoms with E-state index in [-0.39, 0.29) is 11.9 Å². The van der Waals surface area contributed by atoms with Gasteiger partial charge in [-0.3, -0.25) is 14.2 Å². The molecule has 0 aliphatic carbocycles. The largest absolute Gasteiger partial charge is 0.321 e. The number of para-hydroxylation sites is 1. The zero-order valence-electron chi connectivity index (χ0n) is 15.9. The van der Waals surface area contributed by atoms with E-state index in [1.54, 1.807) is 11.6 Å². The van der Waals surface area contributed by atoms with Crippen LogP contribution in [-0.4, -0.2) is 25.2 Å². The smallest absolute Gasteiger partial charge is 0.261 e. The molecule has 7 nitrogen and oxygen atoms in total. The Morgan fingerprint density at radius 1 is 1.14 bits per heavy atom. The van der Waals surface area contributed by atoms with E-state index in [2.05, 4.69) is 15.4 Å². The Morgan fingerprint density at radius 3 is 2.66 bits per heavy atom. The molecule has 0 aliphatic heterocycles. The fourth-order valence-electron chi connectivity index (χ4n) is 3.22. The molecule has 4 rings (SSSR count). The first-order valence-electron chi connectivity index (χ1n) is 9.00. The molecule has 0 bridgehead atoms. The summed E-state index contributed by atoms with van der Waals surface area (Å²) < 4.78 is 16.4. The highest BCUT2D eigenvalue weighted by atomic mass is 19.1. The Morgan fingerprint density at radius 2 is 1.90 bits per heavy atom. The van der Waals surface area contributed by atoms with Gasteiger partial charge in [-0.25, -0.2) is 14.1 Å². The van der Waals surface area contributed by atoms with Crippen LogP contribution in [0.5, 0.6) is 0 Å². The normalized spacial score (nSPS) is 11.0. The van der Waals surface area contributed by atoms with E-state index >= 15 is 0 Å². The summed E-state index contributed by atoms with van der Waals surface area (Å²) >= 11 is 0. The Hall–Kier alpha value is -3.81. The average Bonchev–Trinajstić information content (AvgIpc) is 2.99. The number of aromatic nitrogens is 4. The summed E-state index contributed by atoms with van der Waals surface area (Å²) in [5, 5.41) is 7.44. The lowest BCUT2D eigenvalue weighted by Crippen LogP contribution is -2.28. The van der Waals surface area contributed by atoms with Crippen LogP contribution in [0, 0.1) is 19.7 Å². The molecule has 0 unspecified atom stereocenters. The van der Waals surface area contributed by atoms with Crippen LogP contribution in [0.25, 0.3) is 16.6 Å². The van der Waals surface area contributed by atoms with Crippen molar-refractivity contribution in [3.63, 3.8) is 0 Å². The molecule has 0 saturated heterocycles. The number of benzene rings is 2. The molecule has 0 saturated carbocycles. The molecule has 8 heteroatoms. The van der Waals surface area contributed by atoms with Gasteiger partial charge in [0.1, 0.15) is 12.4 Å². The topological polar surface area (TPSA) is 81.8 Å². The van der Waals surface area contributed by atoms with Gasteiger partial charge in [-0.05, 0) is 44.2 Å². The summed E-state index contributed by atoms with van der Waals surface area (Å²) in [7, 11) is 0. The lowest BCUT2D eigenvalue weighted by atomic mass is 10.2. The summed E-state index contributed by atoms with van der Waals surface area (Å²) in [6, 6.07) is 13.4. The van der Waals surface area contributed by atoms with Crippen molar-refractivity contribution in [3.8, 4) is 5.69 Å². The number of halogens is 1. The predicted octanol–water partition coefficient (Wildman–Crippen LogP) is 2.98.